The number of benzene rings is 3. The van der Waals surface area contributed by atoms with E-state index in [0.29, 0.717) is 17.1 Å². The molecule has 1 N–H and O–H groups in total. The zero-order valence-electron chi connectivity index (χ0n) is 22.9. The first-order valence-electron chi connectivity index (χ1n) is 14.1. The highest BCUT2D eigenvalue weighted by molar-refractivity contribution is 6.31. The molecule has 0 saturated carbocycles. The van der Waals surface area contributed by atoms with E-state index in [0.717, 1.165) is 39.1 Å². The Morgan fingerprint density at radius 2 is 1.44 bits per heavy atom. The van der Waals surface area contributed by atoms with Crippen LogP contribution in [0.3, 0.4) is 0 Å². The van der Waals surface area contributed by atoms with Crippen molar-refractivity contribution >= 4 is 41.0 Å². The average molecular weight is 571 g/mol. The Morgan fingerprint density at radius 1 is 0.902 bits per heavy atom. The molecule has 0 unspecified atom stereocenters. The van der Waals surface area contributed by atoms with E-state index in [9.17, 15) is 19.2 Å². The fourth-order valence-corrected chi connectivity index (χ4v) is 7.08. The van der Waals surface area contributed by atoms with E-state index in [2.05, 4.69) is 5.32 Å². The summed E-state index contributed by atoms with van der Waals surface area (Å²) in [7, 11) is 0. The van der Waals surface area contributed by atoms with E-state index in [-0.39, 0.29) is 30.1 Å². The number of ether oxygens (including phenoxy) is 1. The summed E-state index contributed by atoms with van der Waals surface area (Å²) in [6.07, 6.45) is 1.66. The van der Waals surface area contributed by atoms with Crippen LogP contribution in [0, 0.1) is 18.8 Å². The monoisotopic (exact) mass is 570 g/mol. The molecule has 3 atom stereocenters. The Kier molecular flexibility index (Phi) is 7.16. The molecule has 4 aliphatic rings. The standard InChI is InChI=1S/C33H31ClN2O5/c1-3-4-13-25(33(40)41-17-26(37)35-24-16-19(34)15-14-18(24)2)36-31(38)29-27-20-9-5-6-10-21(20)28(30(29)32(36)39)23-12-8-7-11-22(23)27/h5-12,14-16,25,27-30H,3-4,13,17H2,1-2H3,(H,35,37)/t25-,27?,28?,29-,30-/m1/s1. The lowest BCUT2D eigenvalue weighted by Gasteiger charge is -2.45. The van der Waals surface area contributed by atoms with E-state index in [1.807, 2.05) is 62.4 Å². The van der Waals surface area contributed by atoms with Gasteiger partial charge in [-0.3, -0.25) is 19.3 Å². The molecule has 1 saturated heterocycles. The Balaban J connectivity index is 1.26. The second-order valence-electron chi connectivity index (χ2n) is 11.1. The number of aryl methyl sites for hydroxylation is 1. The third kappa shape index (κ3) is 4.52. The van der Waals surface area contributed by atoms with Gasteiger partial charge in [-0.25, -0.2) is 4.79 Å². The first-order chi connectivity index (χ1) is 19.8. The number of hydrogen-bond acceptors (Lipinski definition) is 5. The van der Waals surface area contributed by atoms with Crippen LogP contribution in [0.25, 0.3) is 0 Å². The first kappa shape index (κ1) is 27.2. The number of carbonyl (C=O) groups excluding carboxylic acids is 4. The number of amides is 3. The molecule has 41 heavy (non-hydrogen) atoms. The van der Waals surface area contributed by atoms with E-state index in [4.69, 9.17) is 16.3 Å². The number of nitrogens with one attached hydrogen (secondary N) is 1. The highest BCUT2D eigenvalue weighted by Gasteiger charge is 2.63. The maximum absolute atomic E-state index is 14.1. The van der Waals surface area contributed by atoms with E-state index in [1.165, 1.54) is 0 Å². The molecular formula is C33H31ClN2O5. The van der Waals surface area contributed by atoms with Crippen LogP contribution in [0.2, 0.25) is 5.02 Å². The van der Waals surface area contributed by atoms with Crippen molar-refractivity contribution in [1.29, 1.82) is 0 Å². The van der Waals surface area contributed by atoms with Crippen LogP contribution in [0.15, 0.2) is 66.7 Å². The summed E-state index contributed by atoms with van der Waals surface area (Å²) >= 11 is 6.05. The first-order valence-corrected chi connectivity index (χ1v) is 14.5. The molecule has 0 radical (unpaired) electrons. The van der Waals surface area contributed by atoms with Gasteiger partial charge in [-0.15, -0.1) is 0 Å². The third-order valence-corrected chi connectivity index (χ3v) is 8.95. The van der Waals surface area contributed by atoms with Gasteiger partial charge in [0.2, 0.25) is 11.8 Å². The van der Waals surface area contributed by atoms with Crippen LogP contribution in [-0.2, 0) is 23.9 Å². The molecule has 210 valence electrons. The minimum Gasteiger partial charge on any atom is -0.454 e. The number of hydrogen-bond donors (Lipinski definition) is 1. The zero-order valence-corrected chi connectivity index (χ0v) is 23.7. The predicted octanol–water partition coefficient (Wildman–Crippen LogP) is 5.58. The van der Waals surface area contributed by atoms with Gasteiger partial charge in [0.25, 0.3) is 5.91 Å². The number of unbranched alkanes of at least 4 members (excludes halogenated alkanes) is 1. The summed E-state index contributed by atoms with van der Waals surface area (Å²) in [5, 5.41) is 3.17. The molecule has 3 aromatic rings. The number of likely N-dealkylation sites (tertiary alicyclic amines) is 1. The molecule has 1 aliphatic heterocycles. The Morgan fingerprint density at radius 3 is 1.95 bits per heavy atom. The second kappa shape index (κ2) is 10.8. The molecule has 3 aliphatic carbocycles. The van der Waals surface area contributed by atoms with Crippen molar-refractivity contribution in [2.75, 3.05) is 11.9 Å². The number of esters is 1. The molecule has 1 fully saturated rings. The average Bonchev–Trinajstić information content (AvgIpc) is 3.24. The van der Waals surface area contributed by atoms with Crippen LogP contribution in [-0.4, -0.2) is 41.2 Å². The minimum atomic E-state index is -1.09. The van der Waals surface area contributed by atoms with Crippen LogP contribution in [0.4, 0.5) is 5.69 Å². The number of nitrogens with zero attached hydrogens (tertiary/aromatic N) is 1. The number of carbonyl (C=O) groups is 4. The van der Waals surface area contributed by atoms with Gasteiger partial charge >= 0.3 is 5.97 Å². The smallest absolute Gasteiger partial charge is 0.329 e. The molecule has 2 bridgehead atoms. The fourth-order valence-electron chi connectivity index (χ4n) is 6.91. The van der Waals surface area contributed by atoms with Crippen molar-refractivity contribution in [3.05, 3.63) is 99.6 Å². The van der Waals surface area contributed by atoms with Gasteiger partial charge in [-0.1, -0.05) is 86.0 Å². The Hall–Kier alpha value is -3.97. The van der Waals surface area contributed by atoms with Crippen molar-refractivity contribution in [1.82, 2.24) is 4.90 Å². The summed E-state index contributed by atoms with van der Waals surface area (Å²) in [6, 6.07) is 20.1. The van der Waals surface area contributed by atoms with Gasteiger partial charge in [0.15, 0.2) is 6.61 Å². The maximum atomic E-state index is 14.1. The maximum Gasteiger partial charge on any atom is 0.329 e. The highest BCUT2D eigenvalue weighted by atomic mass is 35.5. The van der Waals surface area contributed by atoms with Crippen LogP contribution in [0.1, 0.15) is 65.8 Å². The molecule has 0 aromatic heterocycles. The van der Waals surface area contributed by atoms with Crippen LogP contribution >= 0.6 is 11.6 Å². The lowest BCUT2D eigenvalue weighted by atomic mass is 9.55. The summed E-state index contributed by atoms with van der Waals surface area (Å²) in [5.41, 5.74) is 5.61. The quantitative estimate of drug-likeness (QED) is 0.282. The van der Waals surface area contributed by atoms with Crippen molar-refractivity contribution < 1.29 is 23.9 Å². The van der Waals surface area contributed by atoms with Gasteiger partial charge in [0.05, 0.1) is 11.8 Å². The summed E-state index contributed by atoms with van der Waals surface area (Å²) in [5.74, 6) is -3.63. The van der Waals surface area contributed by atoms with Crippen molar-refractivity contribution in [3.63, 3.8) is 0 Å². The predicted molar refractivity (Wildman–Crippen MR) is 154 cm³/mol. The van der Waals surface area contributed by atoms with Crippen LogP contribution < -0.4 is 5.32 Å². The molecule has 3 aromatic carbocycles. The molecule has 3 amide bonds. The second-order valence-corrected chi connectivity index (χ2v) is 11.5. The van der Waals surface area contributed by atoms with Gasteiger partial charge in [-0.2, -0.15) is 0 Å². The fraction of sp³-hybridized carbons (Fsp3) is 0.333. The van der Waals surface area contributed by atoms with Gasteiger partial charge in [-0.05, 0) is 53.3 Å². The van der Waals surface area contributed by atoms with Crippen LogP contribution in [0.5, 0.6) is 0 Å². The largest absolute Gasteiger partial charge is 0.454 e. The van der Waals surface area contributed by atoms with Crippen molar-refractivity contribution in [2.24, 2.45) is 11.8 Å². The third-order valence-electron chi connectivity index (χ3n) is 8.72. The van der Waals surface area contributed by atoms with Crippen molar-refractivity contribution in [3.8, 4) is 0 Å². The van der Waals surface area contributed by atoms with Crippen molar-refractivity contribution in [2.45, 2.75) is 51.0 Å². The van der Waals surface area contributed by atoms with Gasteiger partial charge in [0.1, 0.15) is 6.04 Å². The molecule has 7 nitrogen and oxygen atoms in total. The topological polar surface area (TPSA) is 92.8 Å². The molecule has 0 spiro atoms. The van der Waals surface area contributed by atoms with E-state index in [1.54, 1.807) is 18.2 Å². The summed E-state index contributed by atoms with van der Waals surface area (Å²) in [6.45, 7) is 3.26. The molecule has 7 rings (SSSR count). The number of rotatable bonds is 8. The molecule has 1 heterocycles. The molecule has 8 heteroatoms. The zero-order chi connectivity index (χ0) is 28.8. The molecular weight excluding hydrogens is 540 g/mol. The van der Waals surface area contributed by atoms with E-state index < -0.39 is 36.4 Å². The highest BCUT2D eigenvalue weighted by Crippen LogP contribution is 2.61. The summed E-state index contributed by atoms with van der Waals surface area (Å²) in [4.78, 5) is 55.5. The van der Waals surface area contributed by atoms with E-state index >= 15 is 0 Å². The number of anilines is 1. The van der Waals surface area contributed by atoms with Gasteiger partial charge < -0.3 is 10.1 Å². The normalized spacial score (nSPS) is 22.6. The Bertz CT molecular complexity index is 1450. The minimum absolute atomic E-state index is 0.256. The SMILES string of the molecule is CCCC[C@H](C(=O)OCC(=O)Nc1cc(Cl)ccc1C)N1C(=O)[C@@H]2C3c4ccccc4C(c4ccccc43)[C@H]2C1=O. The lowest BCUT2D eigenvalue weighted by Crippen LogP contribution is -2.47. The number of imide groups is 1. The number of halogens is 1. The Labute approximate surface area is 243 Å². The van der Waals surface area contributed by atoms with Gasteiger partial charge in [0, 0.05) is 22.5 Å². The lowest BCUT2D eigenvalue weighted by molar-refractivity contribution is -0.160. The summed E-state index contributed by atoms with van der Waals surface area (Å²) < 4.78 is 5.43.